The summed E-state index contributed by atoms with van der Waals surface area (Å²) < 4.78 is 7.21. The highest BCUT2D eigenvalue weighted by atomic mass is 35.5. The van der Waals surface area contributed by atoms with Gasteiger partial charge in [-0.2, -0.15) is 0 Å². The van der Waals surface area contributed by atoms with Crippen LogP contribution < -0.4 is 4.74 Å². The van der Waals surface area contributed by atoms with Crippen molar-refractivity contribution in [1.29, 1.82) is 0 Å². The summed E-state index contributed by atoms with van der Waals surface area (Å²) in [6.07, 6.45) is 3.44. The van der Waals surface area contributed by atoms with Crippen LogP contribution in [0.5, 0.6) is 5.75 Å². The Morgan fingerprint density at radius 3 is 2.73 bits per heavy atom. The minimum absolute atomic E-state index is 0.561. The third kappa shape index (κ3) is 2.95. The molecule has 0 unspecified atom stereocenters. The van der Waals surface area contributed by atoms with E-state index in [2.05, 4.69) is 10.3 Å². The summed E-state index contributed by atoms with van der Waals surface area (Å²) >= 11 is 5.75. The molecule has 0 aliphatic rings. The highest BCUT2D eigenvalue weighted by Gasteiger charge is 1.95. The Morgan fingerprint density at radius 2 is 2.07 bits per heavy atom. The maximum absolute atomic E-state index is 5.75. The molecular formula is C10H10ClN3O. The van der Waals surface area contributed by atoms with E-state index < -0.39 is 0 Å². The molecule has 0 aliphatic heterocycles. The number of halogens is 1. The van der Waals surface area contributed by atoms with Gasteiger partial charge in [-0.1, -0.05) is 16.8 Å². The maximum atomic E-state index is 5.75. The van der Waals surface area contributed by atoms with Crippen molar-refractivity contribution in [2.24, 2.45) is 0 Å². The fourth-order valence-corrected chi connectivity index (χ4v) is 1.27. The lowest BCUT2D eigenvalue weighted by Crippen LogP contribution is -2.08. The van der Waals surface area contributed by atoms with Gasteiger partial charge in [-0.15, -0.1) is 5.10 Å². The summed E-state index contributed by atoms with van der Waals surface area (Å²) in [7, 11) is 0. The molecule has 0 fully saturated rings. The molecule has 5 heteroatoms. The van der Waals surface area contributed by atoms with E-state index in [4.69, 9.17) is 16.3 Å². The van der Waals surface area contributed by atoms with Crippen LogP contribution in [0.2, 0.25) is 5.02 Å². The van der Waals surface area contributed by atoms with Crippen molar-refractivity contribution >= 4 is 11.6 Å². The predicted octanol–water partition coefficient (Wildman–Crippen LogP) is 2.01. The molecule has 0 N–H and O–H groups in total. The van der Waals surface area contributed by atoms with Crippen molar-refractivity contribution in [2.75, 3.05) is 6.61 Å². The Morgan fingerprint density at radius 1 is 1.27 bits per heavy atom. The predicted molar refractivity (Wildman–Crippen MR) is 57.0 cm³/mol. The number of rotatable bonds is 4. The first kappa shape index (κ1) is 9.98. The summed E-state index contributed by atoms with van der Waals surface area (Å²) in [5, 5.41) is 8.23. The number of benzene rings is 1. The van der Waals surface area contributed by atoms with E-state index in [1.807, 2.05) is 12.1 Å². The van der Waals surface area contributed by atoms with Crippen molar-refractivity contribution in [1.82, 2.24) is 15.0 Å². The molecule has 0 atom stereocenters. The van der Waals surface area contributed by atoms with Crippen LogP contribution in [0.4, 0.5) is 0 Å². The Balaban J connectivity index is 1.81. The van der Waals surface area contributed by atoms with Gasteiger partial charge in [-0.05, 0) is 24.3 Å². The van der Waals surface area contributed by atoms with Gasteiger partial charge in [-0.25, -0.2) is 4.68 Å². The second-order valence-electron chi connectivity index (χ2n) is 2.97. The summed E-state index contributed by atoms with van der Waals surface area (Å²) in [5.41, 5.74) is 0. The standard InChI is InChI=1S/C10H10ClN3O/c11-9-1-3-10(4-2-9)15-8-7-14-6-5-12-13-14/h1-6H,7-8H2. The molecular weight excluding hydrogens is 214 g/mol. The first-order valence-corrected chi connectivity index (χ1v) is 4.95. The topological polar surface area (TPSA) is 39.9 Å². The molecule has 2 aromatic rings. The lowest BCUT2D eigenvalue weighted by molar-refractivity contribution is 0.289. The van der Waals surface area contributed by atoms with Crippen molar-refractivity contribution in [3.8, 4) is 5.75 Å². The fraction of sp³-hybridized carbons (Fsp3) is 0.200. The van der Waals surface area contributed by atoms with Gasteiger partial charge in [0.05, 0.1) is 12.7 Å². The second kappa shape index (κ2) is 4.79. The number of ether oxygens (including phenoxy) is 1. The monoisotopic (exact) mass is 223 g/mol. The maximum Gasteiger partial charge on any atom is 0.119 e. The normalized spacial score (nSPS) is 10.2. The van der Waals surface area contributed by atoms with E-state index in [-0.39, 0.29) is 0 Å². The highest BCUT2D eigenvalue weighted by molar-refractivity contribution is 6.30. The lowest BCUT2D eigenvalue weighted by Gasteiger charge is -2.05. The largest absolute Gasteiger partial charge is 0.492 e. The van der Waals surface area contributed by atoms with Gasteiger partial charge in [-0.3, -0.25) is 0 Å². The van der Waals surface area contributed by atoms with Gasteiger partial charge >= 0.3 is 0 Å². The molecule has 0 spiro atoms. The Kier molecular flexibility index (Phi) is 3.19. The average molecular weight is 224 g/mol. The van der Waals surface area contributed by atoms with E-state index in [0.717, 1.165) is 5.75 Å². The first-order chi connectivity index (χ1) is 7.34. The van der Waals surface area contributed by atoms with Crippen molar-refractivity contribution < 1.29 is 4.74 Å². The third-order valence-electron chi connectivity index (χ3n) is 1.87. The van der Waals surface area contributed by atoms with Gasteiger partial charge in [0.2, 0.25) is 0 Å². The molecule has 1 heterocycles. The van der Waals surface area contributed by atoms with Gasteiger partial charge in [0.1, 0.15) is 12.4 Å². The van der Waals surface area contributed by atoms with Crippen LogP contribution in [0, 0.1) is 0 Å². The van der Waals surface area contributed by atoms with E-state index in [9.17, 15) is 0 Å². The minimum atomic E-state index is 0.561. The van der Waals surface area contributed by atoms with Gasteiger partial charge in [0.25, 0.3) is 0 Å². The van der Waals surface area contributed by atoms with E-state index >= 15 is 0 Å². The lowest BCUT2D eigenvalue weighted by atomic mass is 10.3. The van der Waals surface area contributed by atoms with Crippen molar-refractivity contribution in [3.63, 3.8) is 0 Å². The summed E-state index contributed by atoms with van der Waals surface area (Å²) in [5.74, 6) is 0.805. The number of hydrogen-bond acceptors (Lipinski definition) is 3. The van der Waals surface area contributed by atoms with Gasteiger partial charge in [0, 0.05) is 11.2 Å². The molecule has 0 aliphatic carbocycles. The molecule has 78 valence electrons. The van der Waals surface area contributed by atoms with E-state index in [1.54, 1.807) is 29.2 Å². The molecule has 1 aromatic heterocycles. The average Bonchev–Trinajstić information content (AvgIpc) is 2.74. The van der Waals surface area contributed by atoms with Crippen LogP contribution in [0.25, 0.3) is 0 Å². The fourth-order valence-electron chi connectivity index (χ4n) is 1.14. The zero-order chi connectivity index (χ0) is 10.5. The Bertz CT molecular complexity index is 399. The molecule has 2 rings (SSSR count). The smallest absolute Gasteiger partial charge is 0.119 e. The number of hydrogen-bond donors (Lipinski definition) is 0. The van der Waals surface area contributed by atoms with Crippen molar-refractivity contribution in [2.45, 2.75) is 6.54 Å². The zero-order valence-corrected chi connectivity index (χ0v) is 8.76. The summed E-state index contributed by atoms with van der Waals surface area (Å²) in [6.45, 7) is 1.24. The van der Waals surface area contributed by atoms with Gasteiger partial charge in [0.15, 0.2) is 0 Å². The first-order valence-electron chi connectivity index (χ1n) is 4.57. The van der Waals surface area contributed by atoms with Crippen LogP contribution in [0.15, 0.2) is 36.7 Å². The Labute approximate surface area is 92.4 Å². The van der Waals surface area contributed by atoms with Gasteiger partial charge < -0.3 is 4.74 Å². The molecule has 0 bridgehead atoms. The molecule has 0 amide bonds. The Hall–Kier alpha value is -1.55. The third-order valence-corrected chi connectivity index (χ3v) is 2.13. The summed E-state index contributed by atoms with van der Waals surface area (Å²) in [4.78, 5) is 0. The molecule has 0 saturated heterocycles. The SMILES string of the molecule is Clc1ccc(OCCn2ccnn2)cc1. The zero-order valence-electron chi connectivity index (χ0n) is 8.01. The molecule has 15 heavy (non-hydrogen) atoms. The molecule has 4 nitrogen and oxygen atoms in total. The molecule has 0 radical (unpaired) electrons. The van der Waals surface area contributed by atoms with Crippen LogP contribution in [-0.4, -0.2) is 21.6 Å². The van der Waals surface area contributed by atoms with Crippen molar-refractivity contribution in [3.05, 3.63) is 41.7 Å². The number of nitrogens with zero attached hydrogens (tertiary/aromatic N) is 3. The van der Waals surface area contributed by atoms with Crippen LogP contribution in [0.3, 0.4) is 0 Å². The summed E-state index contributed by atoms with van der Waals surface area (Å²) in [6, 6.07) is 7.27. The van der Waals surface area contributed by atoms with E-state index in [1.165, 1.54) is 0 Å². The minimum Gasteiger partial charge on any atom is -0.492 e. The highest BCUT2D eigenvalue weighted by Crippen LogP contribution is 2.15. The van der Waals surface area contributed by atoms with Crippen LogP contribution >= 0.6 is 11.6 Å². The second-order valence-corrected chi connectivity index (χ2v) is 3.40. The quantitative estimate of drug-likeness (QED) is 0.796. The molecule has 1 aromatic carbocycles. The van der Waals surface area contributed by atoms with Crippen LogP contribution in [-0.2, 0) is 6.54 Å². The number of aromatic nitrogens is 3. The van der Waals surface area contributed by atoms with Crippen LogP contribution in [0.1, 0.15) is 0 Å². The van der Waals surface area contributed by atoms with E-state index in [0.29, 0.717) is 18.2 Å². The molecule has 0 saturated carbocycles.